The Morgan fingerprint density at radius 2 is 1.80 bits per heavy atom. The number of benzene rings is 1. The maximum Gasteiger partial charge on any atom is 0.156 e. The number of rotatable bonds is 13. The van der Waals surface area contributed by atoms with Crippen molar-refractivity contribution < 1.29 is 0 Å². The molecule has 0 aliphatic heterocycles. The van der Waals surface area contributed by atoms with Crippen LogP contribution in [0.1, 0.15) is 53.9 Å². The Balaban J connectivity index is 2.13. The Hall–Kier alpha value is -1.30. The lowest BCUT2D eigenvalue weighted by Gasteiger charge is -2.31. The minimum absolute atomic E-state index is 0.513. The summed E-state index contributed by atoms with van der Waals surface area (Å²) in [7, 11) is 4.25. The largest absolute Gasteiger partial charge is 0.368 e. The van der Waals surface area contributed by atoms with Crippen LogP contribution in [0.4, 0.5) is 5.82 Å². The summed E-state index contributed by atoms with van der Waals surface area (Å²) >= 11 is 6.31. The van der Waals surface area contributed by atoms with Gasteiger partial charge in [0, 0.05) is 35.6 Å². The number of nitrogens with zero attached hydrogens (tertiary/aromatic N) is 4. The van der Waals surface area contributed by atoms with Gasteiger partial charge < -0.3 is 15.1 Å². The van der Waals surface area contributed by atoms with Crippen molar-refractivity contribution in [3.63, 3.8) is 0 Å². The molecule has 2 rings (SSSR count). The van der Waals surface area contributed by atoms with Crippen molar-refractivity contribution >= 4 is 28.3 Å². The topological polar surface area (TPSA) is 36.3 Å². The molecule has 0 amide bonds. The summed E-state index contributed by atoms with van der Waals surface area (Å²) in [5, 5.41) is 10.4. The number of hydrogen-bond donors (Lipinski definition) is 1. The number of halogens is 1. The highest BCUT2D eigenvalue weighted by Crippen LogP contribution is 2.27. The number of anilines is 1. The van der Waals surface area contributed by atoms with Crippen LogP contribution in [0.25, 0.3) is 10.9 Å². The van der Waals surface area contributed by atoms with Gasteiger partial charge in [-0.05, 0) is 77.5 Å². The molecule has 0 radical (unpaired) electrons. The zero-order valence-corrected chi connectivity index (χ0v) is 20.8. The van der Waals surface area contributed by atoms with Crippen molar-refractivity contribution in [2.75, 3.05) is 39.0 Å². The van der Waals surface area contributed by atoms with Crippen LogP contribution in [0.15, 0.2) is 18.2 Å². The van der Waals surface area contributed by atoms with Gasteiger partial charge in [0.2, 0.25) is 0 Å². The van der Waals surface area contributed by atoms with E-state index in [9.17, 15) is 0 Å². The predicted molar refractivity (Wildman–Crippen MR) is 132 cm³/mol. The average Bonchev–Trinajstić information content (AvgIpc) is 3.03. The molecular formula is C24H42ClN5. The lowest BCUT2D eigenvalue weighted by atomic mass is 9.99. The van der Waals surface area contributed by atoms with Gasteiger partial charge >= 0.3 is 0 Å². The molecule has 0 spiro atoms. The SMILES string of the molecule is CCN(CC)C(CCNc1nn(CCC(C)N(C)C)c2ccc(Cl)cc12)CC(C)C. The molecule has 6 heteroatoms. The van der Waals surface area contributed by atoms with Crippen molar-refractivity contribution in [3.8, 4) is 0 Å². The zero-order chi connectivity index (χ0) is 22.3. The third-order valence-corrected chi connectivity index (χ3v) is 6.43. The highest BCUT2D eigenvalue weighted by Gasteiger charge is 2.18. The number of fused-ring (bicyclic) bond motifs is 1. The third-order valence-electron chi connectivity index (χ3n) is 6.19. The molecule has 2 aromatic rings. The molecule has 0 aliphatic rings. The Bertz CT molecular complexity index is 766. The molecule has 1 heterocycles. The van der Waals surface area contributed by atoms with Crippen molar-refractivity contribution in [3.05, 3.63) is 23.2 Å². The van der Waals surface area contributed by atoms with Crippen molar-refractivity contribution in [1.82, 2.24) is 19.6 Å². The van der Waals surface area contributed by atoms with Crippen molar-refractivity contribution in [2.24, 2.45) is 5.92 Å². The first kappa shape index (κ1) is 25.0. The molecule has 1 aromatic heterocycles. The zero-order valence-electron chi connectivity index (χ0n) is 20.1. The third kappa shape index (κ3) is 6.86. The fraction of sp³-hybridized carbons (Fsp3) is 0.708. The average molecular weight is 436 g/mol. The highest BCUT2D eigenvalue weighted by atomic mass is 35.5. The van der Waals surface area contributed by atoms with Gasteiger partial charge in [-0.2, -0.15) is 5.10 Å². The first-order valence-corrected chi connectivity index (χ1v) is 11.9. The molecule has 30 heavy (non-hydrogen) atoms. The van der Waals surface area contributed by atoms with E-state index in [0.717, 1.165) is 60.8 Å². The molecule has 0 saturated heterocycles. The molecule has 1 aromatic carbocycles. The van der Waals surface area contributed by atoms with Gasteiger partial charge in [-0.3, -0.25) is 4.68 Å². The molecule has 1 N–H and O–H groups in total. The van der Waals surface area contributed by atoms with Crippen LogP contribution < -0.4 is 5.32 Å². The summed E-state index contributed by atoms with van der Waals surface area (Å²) in [6.45, 7) is 15.4. The highest BCUT2D eigenvalue weighted by molar-refractivity contribution is 6.31. The van der Waals surface area contributed by atoms with E-state index in [-0.39, 0.29) is 0 Å². The van der Waals surface area contributed by atoms with Crippen LogP contribution in [0, 0.1) is 5.92 Å². The van der Waals surface area contributed by atoms with Crippen LogP contribution >= 0.6 is 11.6 Å². The second-order valence-electron chi connectivity index (χ2n) is 9.05. The fourth-order valence-electron chi connectivity index (χ4n) is 4.11. The summed E-state index contributed by atoms with van der Waals surface area (Å²) < 4.78 is 2.13. The van der Waals surface area contributed by atoms with Gasteiger partial charge in [-0.15, -0.1) is 0 Å². The Kier molecular flexibility index (Phi) is 9.92. The lowest BCUT2D eigenvalue weighted by Crippen LogP contribution is -2.37. The molecular weight excluding hydrogens is 394 g/mol. The van der Waals surface area contributed by atoms with Crippen LogP contribution in [-0.4, -0.2) is 65.4 Å². The standard InChI is InChI=1S/C24H42ClN5/c1-8-29(9-2)21(16-18(3)4)12-14-26-24-22-17-20(25)10-11-23(22)30(27-24)15-13-19(5)28(6)7/h10-11,17-19,21H,8-9,12-16H2,1-7H3,(H,26,27). The van der Waals surface area contributed by atoms with E-state index in [1.54, 1.807) is 0 Å². The molecule has 170 valence electrons. The summed E-state index contributed by atoms with van der Waals surface area (Å²) in [6, 6.07) is 7.20. The van der Waals surface area contributed by atoms with E-state index in [1.165, 1.54) is 6.42 Å². The van der Waals surface area contributed by atoms with E-state index in [2.05, 4.69) is 74.6 Å². The Morgan fingerprint density at radius 3 is 2.40 bits per heavy atom. The quantitative estimate of drug-likeness (QED) is 0.445. The van der Waals surface area contributed by atoms with Crippen LogP contribution in [0.5, 0.6) is 0 Å². The maximum atomic E-state index is 6.31. The summed E-state index contributed by atoms with van der Waals surface area (Å²) in [5.41, 5.74) is 1.15. The second kappa shape index (κ2) is 11.9. The van der Waals surface area contributed by atoms with E-state index >= 15 is 0 Å². The monoisotopic (exact) mass is 435 g/mol. The first-order chi connectivity index (χ1) is 14.3. The molecule has 0 saturated carbocycles. The van der Waals surface area contributed by atoms with Gasteiger partial charge in [0.15, 0.2) is 5.82 Å². The molecule has 0 bridgehead atoms. The van der Waals surface area contributed by atoms with E-state index in [1.807, 2.05) is 12.1 Å². The summed E-state index contributed by atoms with van der Waals surface area (Å²) in [6.07, 6.45) is 3.41. The van der Waals surface area contributed by atoms with E-state index in [4.69, 9.17) is 16.7 Å². The normalized spacial score (nSPS) is 14.2. The fourth-order valence-corrected chi connectivity index (χ4v) is 4.28. The minimum Gasteiger partial charge on any atom is -0.368 e. The molecule has 5 nitrogen and oxygen atoms in total. The number of nitrogens with one attached hydrogen (secondary N) is 1. The van der Waals surface area contributed by atoms with Gasteiger partial charge in [0.05, 0.1) is 5.52 Å². The molecule has 2 atom stereocenters. The van der Waals surface area contributed by atoms with Gasteiger partial charge in [0.1, 0.15) is 0 Å². The first-order valence-electron chi connectivity index (χ1n) is 11.6. The predicted octanol–water partition coefficient (Wildman–Crippen LogP) is 5.59. The minimum atomic E-state index is 0.513. The summed E-state index contributed by atoms with van der Waals surface area (Å²) in [4.78, 5) is 4.84. The number of aryl methyl sites for hydroxylation is 1. The van der Waals surface area contributed by atoms with Crippen LogP contribution in [-0.2, 0) is 6.54 Å². The van der Waals surface area contributed by atoms with Crippen LogP contribution in [0.2, 0.25) is 5.02 Å². The second-order valence-corrected chi connectivity index (χ2v) is 9.49. The van der Waals surface area contributed by atoms with Crippen molar-refractivity contribution in [1.29, 1.82) is 0 Å². The Morgan fingerprint density at radius 1 is 1.10 bits per heavy atom. The van der Waals surface area contributed by atoms with Gasteiger partial charge in [0.25, 0.3) is 0 Å². The smallest absolute Gasteiger partial charge is 0.156 e. The molecule has 0 aliphatic carbocycles. The molecule has 0 fully saturated rings. The van der Waals surface area contributed by atoms with Gasteiger partial charge in [-0.1, -0.05) is 39.3 Å². The lowest BCUT2D eigenvalue weighted by molar-refractivity contribution is 0.184. The van der Waals surface area contributed by atoms with E-state index in [0.29, 0.717) is 18.0 Å². The summed E-state index contributed by atoms with van der Waals surface area (Å²) in [5.74, 6) is 1.65. The van der Waals surface area contributed by atoms with Crippen LogP contribution in [0.3, 0.4) is 0 Å². The van der Waals surface area contributed by atoms with Crippen molar-refractivity contribution in [2.45, 2.75) is 72.5 Å². The number of hydrogen-bond acceptors (Lipinski definition) is 4. The van der Waals surface area contributed by atoms with Gasteiger partial charge in [-0.25, -0.2) is 0 Å². The number of aromatic nitrogens is 2. The van der Waals surface area contributed by atoms with E-state index < -0.39 is 0 Å². The maximum absolute atomic E-state index is 6.31. The molecule has 2 unspecified atom stereocenters. The Labute approximate surface area is 188 Å².